The van der Waals surface area contributed by atoms with E-state index in [1.165, 1.54) is 7.05 Å². The third-order valence-electron chi connectivity index (χ3n) is 1.97. The summed E-state index contributed by atoms with van der Waals surface area (Å²) in [5.41, 5.74) is 0.426. The highest BCUT2D eigenvalue weighted by Gasteiger charge is 2.21. The summed E-state index contributed by atoms with van der Waals surface area (Å²) < 4.78 is 0. The molecule has 1 aromatic carbocycles. The van der Waals surface area contributed by atoms with Crippen LogP contribution in [-0.4, -0.2) is 31.9 Å². The number of carbonyl (C=O) groups excluding carboxylic acids is 3. The van der Waals surface area contributed by atoms with Crippen molar-refractivity contribution in [3.05, 3.63) is 30.3 Å². The summed E-state index contributed by atoms with van der Waals surface area (Å²) in [6, 6.07) is 7.21. The van der Waals surface area contributed by atoms with Gasteiger partial charge in [-0.15, -0.1) is 0 Å². The lowest BCUT2D eigenvalue weighted by Crippen LogP contribution is -2.48. The van der Waals surface area contributed by atoms with Crippen LogP contribution in [0.5, 0.6) is 0 Å². The van der Waals surface area contributed by atoms with E-state index in [0.29, 0.717) is 12.0 Å². The molecule has 0 radical (unpaired) electrons. The highest BCUT2D eigenvalue weighted by Crippen LogP contribution is 2.13. The van der Waals surface area contributed by atoms with Crippen molar-refractivity contribution < 1.29 is 14.4 Å². The van der Waals surface area contributed by atoms with Gasteiger partial charge in [-0.2, -0.15) is 0 Å². The predicted octanol–water partition coefficient (Wildman–Crippen LogP) is 0.741. The first-order chi connectivity index (χ1) is 8.20. The molecule has 0 aliphatic heterocycles. The fraction of sp³-hybridized carbons (Fsp3) is 0.182. The maximum atomic E-state index is 11.7. The SMILES string of the molecule is CNC(=O)N(C(=O)NCC=O)c1ccccc1. The Bertz CT molecular complexity index is 406. The van der Waals surface area contributed by atoms with Crippen molar-refractivity contribution in [2.75, 3.05) is 18.5 Å². The summed E-state index contributed by atoms with van der Waals surface area (Å²) in [6.07, 6.45) is 0.547. The van der Waals surface area contributed by atoms with E-state index in [9.17, 15) is 14.4 Å². The molecule has 0 spiro atoms. The minimum atomic E-state index is -0.650. The monoisotopic (exact) mass is 235 g/mol. The summed E-state index contributed by atoms with van der Waals surface area (Å²) in [4.78, 5) is 34.4. The number of nitrogens with one attached hydrogen (secondary N) is 2. The lowest BCUT2D eigenvalue weighted by atomic mass is 10.3. The fourth-order valence-electron chi connectivity index (χ4n) is 1.22. The molecule has 0 saturated heterocycles. The van der Waals surface area contributed by atoms with Gasteiger partial charge in [0, 0.05) is 7.05 Å². The predicted molar refractivity (Wildman–Crippen MR) is 62.8 cm³/mol. The van der Waals surface area contributed by atoms with E-state index in [4.69, 9.17) is 0 Å². The molecule has 17 heavy (non-hydrogen) atoms. The van der Waals surface area contributed by atoms with Crippen molar-refractivity contribution >= 4 is 24.0 Å². The molecule has 0 fully saturated rings. The van der Waals surface area contributed by atoms with Crippen LogP contribution in [-0.2, 0) is 4.79 Å². The van der Waals surface area contributed by atoms with Crippen LogP contribution in [0.4, 0.5) is 15.3 Å². The second-order valence-electron chi connectivity index (χ2n) is 3.08. The lowest BCUT2D eigenvalue weighted by Gasteiger charge is -2.20. The number of aldehydes is 1. The Kier molecular flexibility index (Phi) is 4.68. The number of urea groups is 2. The Morgan fingerprint density at radius 1 is 1.24 bits per heavy atom. The molecule has 6 nitrogen and oxygen atoms in total. The van der Waals surface area contributed by atoms with E-state index in [-0.39, 0.29) is 6.54 Å². The molecule has 0 aliphatic rings. The van der Waals surface area contributed by atoms with Crippen LogP contribution in [0.25, 0.3) is 0 Å². The highest BCUT2D eigenvalue weighted by molar-refractivity contribution is 6.13. The lowest BCUT2D eigenvalue weighted by molar-refractivity contribution is -0.107. The minimum absolute atomic E-state index is 0.140. The Balaban J connectivity index is 2.92. The van der Waals surface area contributed by atoms with Gasteiger partial charge in [0.05, 0.1) is 12.2 Å². The Hall–Kier alpha value is -2.37. The number of para-hydroxylation sites is 1. The summed E-state index contributed by atoms with van der Waals surface area (Å²) >= 11 is 0. The first-order valence-electron chi connectivity index (χ1n) is 4.99. The molecular weight excluding hydrogens is 222 g/mol. The van der Waals surface area contributed by atoms with Crippen molar-refractivity contribution in [1.82, 2.24) is 10.6 Å². The largest absolute Gasteiger partial charge is 0.340 e. The molecule has 0 heterocycles. The summed E-state index contributed by atoms with van der Waals surface area (Å²) in [5.74, 6) is 0. The molecule has 1 aromatic rings. The van der Waals surface area contributed by atoms with Crippen LogP contribution in [0, 0.1) is 0 Å². The van der Waals surface area contributed by atoms with Crippen molar-refractivity contribution in [2.45, 2.75) is 0 Å². The molecule has 0 aromatic heterocycles. The van der Waals surface area contributed by atoms with E-state index in [1.54, 1.807) is 30.3 Å². The Morgan fingerprint density at radius 3 is 2.41 bits per heavy atom. The van der Waals surface area contributed by atoms with E-state index in [1.807, 2.05) is 0 Å². The smallest absolute Gasteiger partial charge is 0.330 e. The summed E-state index contributed by atoms with van der Waals surface area (Å²) in [5, 5.41) is 4.66. The van der Waals surface area contributed by atoms with Crippen molar-refractivity contribution in [2.24, 2.45) is 0 Å². The third-order valence-corrected chi connectivity index (χ3v) is 1.97. The Morgan fingerprint density at radius 2 is 1.88 bits per heavy atom. The van der Waals surface area contributed by atoms with Gasteiger partial charge in [0.2, 0.25) is 0 Å². The van der Waals surface area contributed by atoms with Gasteiger partial charge in [-0.1, -0.05) is 18.2 Å². The van der Waals surface area contributed by atoms with Gasteiger partial charge in [-0.05, 0) is 12.1 Å². The molecule has 90 valence electrons. The van der Waals surface area contributed by atoms with Gasteiger partial charge in [-0.3, -0.25) is 0 Å². The number of hydrogen-bond donors (Lipinski definition) is 2. The van der Waals surface area contributed by atoms with Gasteiger partial charge in [0.25, 0.3) is 0 Å². The molecular formula is C11H13N3O3. The molecule has 2 N–H and O–H groups in total. The third kappa shape index (κ3) is 3.30. The number of nitrogens with zero attached hydrogens (tertiary/aromatic N) is 1. The van der Waals surface area contributed by atoms with Crippen LogP contribution >= 0.6 is 0 Å². The van der Waals surface area contributed by atoms with Gasteiger partial charge in [-0.25, -0.2) is 14.5 Å². The van der Waals surface area contributed by atoms with E-state index >= 15 is 0 Å². The van der Waals surface area contributed by atoms with E-state index < -0.39 is 12.1 Å². The van der Waals surface area contributed by atoms with Crippen LogP contribution in [0.3, 0.4) is 0 Å². The Labute approximate surface area is 98.6 Å². The molecule has 0 unspecified atom stereocenters. The summed E-state index contributed by atoms with van der Waals surface area (Å²) in [7, 11) is 1.42. The zero-order valence-electron chi connectivity index (χ0n) is 9.34. The zero-order valence-corrected chi connectivity index (χ0v) is 9.34. The van der Waals surface area contributed by atoms with Gasteiger partial charge >= 0.3 is 12.1 Å². The van der Waals surface area contributed by atoms with Crippen LogP contribution in [0.15, 0.2) is 30.3 Å². The number of anilines is 1. The molecule has 0 bridgehead atoms. The molecule has 1 rings (SSSR count). The van der Waals surface area contributed by atoms with E-state index in [0.717, 1.165) is 4.90 Å². The van der Waals surface area contributed by atoms with Gasteiger partial charge in [0.1, 0.15) is 6.29 Å². The normalized spacial score (nSPS) is 9.24. The fourth-order valence-corrected chi connectivity index (χ4v) is 1.22. The molecule has 0 aliphatic carbocycles. The first kappa shape index (κ1) is 12.7. The highest BCUT2D eigenvalue weighted by atomic mass is 16.2. The van der Waals surface area contributed by atoms with Crippen molar-refractivity contribution in [1.29, 1.82) is 0 Å². The quantitative estimate of drug-likeness (QED) is 0.758. The number of rotatable bonds is 3. The van der Waals surface area contributed by atoms with Gasteiger partial charge < -0.3 is 15.4 Å². The molecule has 0 saturated carbocycles. The standard InChI is InChI=1S/C11H13N3O3/c1-12-10(16)14(11(17)13-7-8-15)9-5-3-2-4-6-9/h2-6,8H,7H2,1H3,(H,12,16)(H,13,17). The van der Waals surface area contributed by atoms with Crippen LogP contribution < -0.4 is 15.5 Å². The maximum absolute atomic E-state index is 11.7. The molecule has 0 atom stereocenters. The average Bonchev–Trinajstić information content (AvgIpc) is 2.37. The minimum Gasteiger partial charge on any atom is -0.340 e. The number of hydrogen-bond acceptors (Lipinski definition) is 3. The van der Waals surface area contributed by atoms with Crippen LogP contribution in [0.2, 0.25) is 0 Å². The number of imide groups is 1. The topological polar surface area (TPSA) is 78.5 Å². The zero-order chi connectivity index (χ0) is 12.7. The number of amides is 4. The number of carbonyl (C=O) groups is 3. The van der Waals surface area contributed by atoms with Crippen molar-refractivity contribution in [3.63, 3.8) is 0 Å². The molecule has 6 heteroatoms. The number of benzene rings is 1. The van der Waals surface area contributed by atoms with Crippen molar-refractivity contribution in [3.8, 4) is 0 Å². The second-order valence-corrected chi connectivity index (χ2v) is 3.08. The van der Waals surface area contributed by atoms with E-state index in [2.05, 4.69) is 10.6 Å². The maximum Gasteiger partial charge on any atom is 0.330 e. The summed E-state index contributed by atoms with van der Waals surface area (Å²) in [6.45, 7) is -0.140. The first-order valence-corrected chi connectivity index (χ1v) is 4.99. The average molecular weight is 235 g/mol. The van der Waals surface area contributed by atoms with Gasteiger partial charge in [0.15, 0.2) is 0 Å². The second kappa shape index (κ2) is 6.26. The van der Waals surface area contributed by atoms with Crippen LogP contribution in [0.1, 0.15) is 0 Å². The molecule has 4 amide bonds.